The van der Waals surface area contributed by atoms with E-state index in [1.807, 2.05) is 24.3 Å². The van der Waals surface area contributed by atoms with Gasteiger partial charge >= 0.3 is 5.97 Å². The van der Waals surface area contributed by atoms with Gasteiger partial charge in [-0.3, -0.25) is 0 Å². The molecule has 0 aliphatic carbocycles. The molecule has 0 fully saturated rings. The minimum atomic E-state index is -0.649. The quantitative estimate of drug-likeness (QED) is 0.717. The molecule has 6 heteroatoms. The van der Waals surface area contributed by atoms with Crippen LogP contribution in [0.4, 0.5) is 0 Å². The van der Waals surface area contributed by atoms with Crippen molar-refractivity contribution in [3.8, 4) is 5.75 Å². The first kappa shape index (κ1) is 18.3. The number of aliphatic hydroxyl groups is 1. The fourth-order valence-electron chi connectivity index (χ4n) is 2.09. The Morgan fingerprint density at radius 1 is 1.25 bits per heavy atom. The lowest BCUT2D eigenvalue weighted by molar-refractivity contribution is 0.0600. The van der Waals surface area contributed by atoms with Crippen molar-refractivity contribution in [1.82, 2.24) is 5.32 Å². The van der Waals surface area contributed by atoms with Gasteiger partial charge in [0.25, 0.3) is 0 Å². The number of hydrogen-bond donors (Lipinski definition) is 2. The molecule has 2 aromatic rings. The number of nitrogens with one attached hydrogen (secondary N) is 1. The van der Waals surface area contributed by atoms with Gasteiger partial charge in [0, 0.05) is 18.1 Å². The van der Waals surface area contributed by atoms with Crippen molar-refractivity contribution in [2.75, 3.05) is 20.3 Å². The first-order valence-electron chi connectivity index (χ1n) is 7.53. The zero-order valence-corrected chi connectivity index (χ0v) is 14.1. The molecule has 24 heavy (non-hydrogen) atoms. The summed E-state index contributed by atoms with van der Waals surface area (Å²) >= 11 is 5.92. The van der Waals surface area contributed by atoms with E-state index in [9.17, 15) is 9.90 Å². The molecule has 2 rings (SSSR count). The van der Waals surface area contributed by atoms with E-state index >= 15 is 0 Å². The lowest BCUT2D eigenvalue weighted by Crippen LogP contribution is -2.31. The molecule has 0 radical (unpaired) electrons. The van der Waals surface area contributed by atoms with E-state index in [0.29, 0.717) is 29.4 Å². The molecule has 2 aromatic carbocycles. The van der Waals surface area contributed by atoms with Crippen molar-refractivity contribution in [1.29, 1.82) is 0 Å². The molecule has 0 saturated heterocycles. The minimum Gasteiger partial charge on any atom is -0.491 e. The number of methoxy groups -OCH3 is 1. The number of hydrogen-bond acceptors (Lipinski definition) is 5. The van der Waals surface area contributed by atoms with Crippen LogP contribution in [-0.4, -0.2) is 37.4 Å². The molecule has 0 heterocycles. The number of carbonyl (C=O) groups excluding carboxylic acids is 1. The van der Waals surface area contributed by atoms with Crippen LogP contribution in [0.2, 0.25) is 5.02 Å². The molecule has 0 aromatic heterocycles. The molecule has 0 spiro atoms. The fourth-order valence-corrected chi connectivity index (χ4v) is 2.30. The number of halogens is 1. The molecule has 0 saturated carbocycles. The van der Waals surface area contributed by atoms with Crippen LogP contribution in [0.15, 0.2) is 48.5 Å². The van der Waals surface area contributed by atoms with Gasteiger partial charge in [0.05, 0.1) is 12.7 Å². The van der Waals surface area contributed by atoms with Crippen LogP contribution in [0.25, 0.3) is 0 Å². The summed E-state index contributed by atoms with van der Waals surface area (Å²) in [5.74, 6) is 0.184. The first-order chi connectivity index (χ1) is 11.6. The van der Waals surface area contributed by atoms with E-state index in [4.69, 9.17) is 16.3 Å². The van der Waals surface area contributed by atoms with Crippen molar-refractivity contribution in [3.05, 3.63) is 64.7 Å². The van der Waals surface area contributed by atoms with Crippen LogP contribution in [0, 0.1) is 0 Å². The van der Waals surface area contributed by atoms with E-state index in [2.05, 4.69) is 10.1 Å². The lowest BCUT2D eigenvalue weighted by Gasteiger charge is -2.13. The highest BCUT2D eigenvalue weighted by Crippen LogP contribution is 2.13. The molecule has 5 nitrogen and oxygen atoms in total. The third-order valence-electron chi connectivity index (χ3n) is 3.32. The van der Waals surface area contributed by atoms with Crippen molar-refractivity contribution in [2.24, 2.45) is 0 Å². The molecular formula is C18H20ClNO4. The molecule has 0 aliphatic heterocycles. The van der Waals surface area contributed by atoms with Crippen molar-refractivity contribution in [3.63, 3.8) is 0 Å². The second kappa shape index (κ2) is 9.27. The van der Waals surface area contributed by atoms with Gasteiger partial charge in [0.1, 0.15) is 18.5 Å². The third-order valence-corrected chi connectivity index (χ3v) is 3.55. The Bertz CT molecular complexity index is 660. The molecule has 0 aliphatic rings. The zero-order valence-electron chi connectivity index (χ0n) is 13.4. The van der Waals surface area contributed by atoms with Gasteiger partial charge in [0.15, 0.2) is 0 Å². The number of carbonyl (C=O) groups is 1. The lowest BCUT2D eigenvalue weighted by atomic mass is 10.2. The summed E-state index contributed by atoms with van der Waals surface area (Å²) in [7, 11) is 1.33. The van der Waals surface area contributed by atoms with Crippen LogP contribution >= 0.6 is 11.6 Å². The third kappa shape index (κ3) is 5.85. The summed E-state index contributed by atoms with van der Waals surface area (Å²) in [5.41, 5.74) is 1.50. The molecule has 1 atom stereocenters. The van der Waals surface area contributed by atoms with Crippen molar-refractivity contribution >= 4 is 17.6 Å². The number of esters is 1. The van der Waals surface area contributed by atoms with E-state index < -0.39 is 12.1 Å². The Hall–Kier alpha value is -2.08. The Morgan fingerprint density at radius 3 is 2.67 bits per heavy atom. The van der Waals surface area contributed by atoms with Gasteiger partial charge < -0.3 is 19.9 Å². The van der Waals surface area contributed by atoms with Crippen LogP contribution < -0.4 is 10.1 Å². The SMILES string of the molecule is COC(=O)c1ccc(OC[C@H](O)CNCc2cccc(Cl)c2)cc1. The fraction of sp³-hybridized carbons (Fsp3) is 0.278. The summed E-state index contributed by atoms with van der Waals surface area (Å²) in [5, 5.41) is 13.8. The topological polar surface area (TPSA) is 67.8 Å². The Morgan fingerprint density at radius 2 is 2.00 bits per heavy atom. The van der Waals surface area contributed by atoms with Gasteiger partial charge in [0.2, 0.25) is 0 Å². The Labute approximate surface area is 146 Å². The second-order valence-corrected chi connectivity index (χ2v) is 5.68. The van der Waals surface area contributed by atoms with Gasteiger partial charge in [-0.1, -0.05) is 23.7 Å². The highest BCUT2D eigenvalue weighted by molar-refractivity contribution is 6.30. The average Bonchev–Trinajstić information content (AvgIpc) is 2.60. The van der Waals surface area contributed by atoms with E-state index in [1.54, 1.807) is 24.3 Å². The summed E-state index contributed by atoms with van der Waals surface area (Å²) in [6.07, 6.45) is -0.649. The number of ether oxygens (including phenoxy) is 2. The van der Waals surface area contributed by atoms with Crippen LogP contribution in [0.3, 0.4) is 0 Å². The summed E-state index contributed by atoms with van der Waals surface area (Å²) in [6, 6.07) is 14.1. The van der Waals surface area contributed by atoms with Gasteiger partial charge in [-0.2, -0.15) is 0 Å². The maximum Gasteiger partial charge on any atom is 0.337 e. The highest BCUT2D eigenvalue weighted by Gasteiger charge is 2.07. The second-order valence-electron chi connectivity index (χ2n) is 5.24. The van der Waals surface area contributed by atoms with Crippen LogP contribution in [0.5, 0.6) is 5.75 Å². The molecule has 0 bridgehead atoms. The largest absolute Gasteiger partial charge is 0.491 e. The Balaban J connectivity index is 1.71. The average molecular weight is 350 g/mol. The van der Waals surface area contributed by atoms with Crippen molar-refractivity contribution < 1.29 is 19.4 Å². The first-order valence-corrected chi connectivity index (χ1v) is 7.90. The predicted molar refractivity (Wildman–Crippen MR) is 92.4 cm³/mol. The molecule has 0 amide bonds. The number of aliphatic hydroxyl groups excluding tert-OH is 1. The normalized spacial score (nSPS) is 11.8. The van der Waals surface area contributed by atoms with E-state index in [1.165, 1.54) is 7.11 Å². The summed E-state index contributed by atoms with van der Waals surface area (Å²) in [4.78, 5) is 11.3. The summed E-state index contributed by atoms with van der Waals surface area (Å²) in [6.45, 7) is 1.17. The monoisotopic (exact) mass is 349 g/mol. The van der Waals surface area contributed by atoms with Gasteiger partial charge in [-0.05, 0) is 42.0 Å². The maximum atomic E-state index is 11.3. The van der Waals surface area contributed by atoms with Crippen LogP contribution in [0.1, 0.15) is 15.9 Å². The molecule has 128 valence electrons. The van der Waals surface area contributed by atoms with E-state index in [0.717, 1.165) is 5.56 Å². The Kier molecular flexibility index (Phi) is 7.06. The van der Waals surface area contributed by atoms with E-state index in [-0.39, 0.29) is 6.61 Å². The van der Waals surface area contributed by atoms with Gasteiger partial charge in [-0.15, -0.1) is 0 Å². The van der Waals surface area contributed by atoms with Gasteiger partial charge in [-0.25, -0.2) is 4.79 Å². The maximum absolute atomic E-state index is 11.3. The molecular weight excluding hydrogens is 330 g/mol. The standard InChI is InChI=1S/C18H20ClNO4/c1-23-18(22)14-5-7-17(8-6-14)24-12-16(21)11-20-10-13-3-2-4-15(19)9-13/h2-9,16,20-21H,10-12H2,1H3/t16-/m1/s1. The summed E-state index contributed by atoms with van der Waals surface area (Å²) < 4.78 is 10.1. The molecule has 2 N–H and O–H groups in total. The van der Waals surface area contributed by atoms with Crippen molar-refractivity contribution in [2.45, 2.75) is 12.6 Å². The van der Waals surface area contributed by atoms with Crippen LogP contribution in [-0.2, 0) is 11.3 Å². The number of benzene rings is 2. The predicted octanol–water partition coefficient (Wildman–Crippen LogP) is 2.66. The zero-order chi connectivity index (χ0) is 17.4. The highest BCUT2D eigenvalue weighted by atomic mass is 35.5. The number of rotatable bonds is 8. The smallest absolute Gasteiger partial charge is 0.337 e. The minimum absolute atomic E-state index is 0.153. The molecule has 0 unspecified atom stereocenters.